The van der Waals surface area contributed by atoms with Gasteiger partial charge in [0.1, 0.15) is 0 Å². The highest BCUT2D eigenvalue weighted by Gasteiger charge is 2.18. The highest BCUT2D eigenvalue weighted by atomic mass is 15.3. The average molecular weight is 285 g/mol. The van der Waals surface area contributed by atoms with Crippen LogP contribution in [0.5, 0.6) is 0 Å². The average Bonchev–Trinajstić information content (AvgIpc) is 2.92. The van der Waals surface area contributed by atoms with Crippen LogP contribution in [0, 0.1) is 0 Å². The molecule has 21 heavy (non-hydrogen) atoms. The van der Waals surface area contributed by atoms with E-state index in [1.807, 2.05) is 7.05 Å². The minimum atomic E-state index is 0.193. The molecule has 2 aromatic rings. The van der Waals surface area contributed by atoms with Crippen molar-refractivity contribution in [1.82, 2.24) is 15.1 Å². The predicted octanol–water partition coefficient (Wildman–Crippen LogP) is 3.90. The summed E-state index contributed by atoms with van der Waals surface area (Å²) in [5.74, 6) is 0.569. The van der Waals surface area contributed by atoms with Crippen molar-refractivity contribution in [2.75, 3.05) is 7.05 Å². The van der Waals surface area contributed by atoms with Gasteiger partial charge in [-0.05, 0) is 43.5 Å². The van der Waals surface area contributed by atoms with Crippen LogP contribution in [0.1, 0.15) is 62.2 Å². The molecule has 3 heteroatoms. The van der Waals surface area contributed by atoms with E-state index in [-0.39, 0.29) is 6.04 Å². The Balaban J connectivity index is 2.36. The van der Waals surface area contributed by atoms with E-state index in [4.69, 9.17) is 0 Å². The molecular formula is C18H27N3. The molecule has 0 amide bonds. The first-order valence-electron chi connectivity index (χ1n) is 7.94. The first-order chi connectivity index (χ1) is 10.1. The topological polar surface area (TPSA) is 29.9 Å². The zero-order valence-corrected chi connectivity index (χ0v) is 13.9. The quantitative estimate of drug-likeness (QED) is 0.872. The molecule has 1 unspecified atom stereocenters. The molecule has 0 aliphatic heterocycles. The van der Waals surface area contributed by atoms with Gasteiger partial charge in [-0.2, -0.15) is 5.10 Å². The molecule has 2 rings (SSSR count). The van der Waals surface area contributed by atoms with Crippen molar-refractivity contribution in [2.45, 2.75) is 52.6 Å². The molecule has 3 nitrogen and oxygen atoms in total. The van der Waals surface area contributed by atoms with E-state index in [9.17, 15) is 0 Å². The van der Waals surface area contributed by atoms with Gasteiger partial charge in [-0.3, -0.25) is 4.68 Å². The van der Waals surface area contributed by atoms with E-state index in [1.165, 1.54) is 16.8 Å². The van der Waals surface area contributed by atoms with Crippen molar-refractivity contribution in [3.05, 3.63) is 52.8 Å². The molecule has 0 fully saturated rings. The molecule has 1 N–H and O–H groups in total. The third-order valence-corrected chi connectivity index (χ3v) is 4.04. The van der Waals surface area contributed by atoms with Gasteiger partial charge in [-0.15, -0.1) is 0 Å². The van der Waals surface area contributed by atoms with Crippen molar-refractivity contribution >= 4 is 0 Å². The maximum Gasteiger partial charge on any atom is 0.0745 e. The Morgan fingerprint density at radius 1 is 1.10 bits per heavy atom. The van der Waals surface area contributed by atoms with Crippen molar-refractivity contribution in [2.24, 2.45) is 0 Å². The number of nitrogens with one attached hydrogen (secondary N) is 1. The number of benzene rings is 1. The van der Waals surface area contributed by atoms with Gasteiger partial charge in [-0.1, -0.05) is 45.0 Å². The van der Waals surface area contributed by atoms with Gasteiger partial charge in [0.15, 0.2) is 0 Å². The Morgan fingerprint density at radius 3 is 2.19 bits per heavy atom. The standard InChI is InChI=1S/C18H27N3/c1-6-16-12-17(21(7-2)20-16)18(19-5)15-10-8-14(9-11-15)13(3)4/h8-13,18-19H,6-7H2,1-5H3. The van der Waals surface area contributed by atoms with E-state index in [1.54, 1.807) is 0 Å². The Kier molecular flexibility index (Phi) is 5.18. The maximum absolute atomic E-state index is 4.66. The lowest BCUT2D eigenvalue weighted by Gasteiger charge is -2.18. The Bertz CT molecular complexity index is 567. The molecular weight excluding hydrogens is 258 g/mol. The molecule has 0 bridgehead atoms. The van der Waals surface area contributed by atoms with Crippen molar-refractivity contribution in [3.63, 3.8) is 0 Å². The van der Waals surface area contributed by atoms with Crippen molar-refractivity contribution in [3.8, 4) is 0 Å². The lowest BCUT2D eigenvalue weighted by atomic mass is 9.97. The van der Waals surface area contributed by atoms with E-state index in [0.29, 0.717) is 5.92 Å². The van der Waals surface area contributed by atoms with Gasteiger partial charge in [0.25, 0.3) is 0 Å². The number of aryl methyl sites for hydroxylation is 2. The fraction of sp³-hybridized carbons (Fsp3) is 0.500. The molecule has 1 atom stereocenters. The Hall–Kier alpha value is -1.61. The van der Waals surface area contributed by atoms with E-state index in [2.05, 4.69) is 73.1 Å². The molecule has 0 aliphatic rings. The molecule has 0 aliphatic carbocycles. The summed E-state index contributed by atoms with van der Waals surface area (Å²) < 4.78 is 2.11. The molecule has 0 spiro atoms. The van der Waals surface area contributed by atoms with Crippen LogP contribution in [-0.4, -0.2) is 16.8 Å². The number of nitrogens with zero attached hydrogens (tertiary/aromatic N) is 2. The van der Waals surface area contributed by atoms with Crippen LogP contribution < -0.4 is 5.32 Å². The summed E-state index contributed by atoms with van der Waals surface area (Å²) in [7, 11) is 2.01. The van der Waals surface area contributed by atoms with E-state index < -0.39 is 0 Å². The normalized spacial score (nSPS) is 12.9. The van der Waals surface area contributed by atoms with Crippen LogP contribution in [0.25, 0.3) is 0 Å². The lowest BCUT2D eigenvalue weighted by Crippen LogP contribution is -2.21. The minimum Gasteiger partial charge on any atom is -0.308 e. The SMILES string of the molecule is CCc1cc(C(NC)c2ccc(C(C)C)cc2)n(CC)n1. The number of hydrogen-bond acceptors (Lipinski definition) is 2. The second-order valence-corrected chi connectivity index (χ2v) is 5.77. The summed E-state index contributed by atoms with van der Waals surface area (Å²) in [5, 5.41) is 8.10. The van der Waals surface area contributed by atoms with E-state index >= 15 is 0 Å². The van der Waals surface area contributed by atoms with Gasteiger partial charge in [0.05, 0.1) is 17.4 Å². The number of hydrogen-bond donors (Lipinski definition) is 1. The van der Waals surface area contributed by atoms with Gasteiger partial charge in [0.2, 0.25) is 0 Å². The lowest BCUT2D eigenvalue weighted by molar-refractivity contribution is 0.560. The van der Waals surface area contributed by atoms with Crippen molar-refractivity contribution < 1.29 is 0 Å². The highest BCUT2D eigenvalue weighted by molar-refractivity contribution is 5.32. The summed E-state index contributed by atoms with van der Waals surface area (Å²) >= 11 is 0. The molecule has 1 aromatic carbocycles. The third kappa shape index (κ3) is 3.35. The molecule has 1 aromatic heterocycles. The zero-order chi connectivity index (χ0) is 15.4. The van der Waals surface area contributed by atoms with Gasteiger partial charge in [-0.25, -0.2) is 0 Å². The molecule has 0 radical (unpaired) electrons. The predicted molar refractivity (Wildman–Crippen MR) is 88.7 cm³/mol. The fourth-order valence-corrected chi connectivity index (χ4v) is 2.70. The summed E-state index contributed by atoms with van der Waals surface area (Å²) in [6, 6.07) is 11.3. The first-order valence-corrected chi connectivity index (χ1v) is 7.94. The monoisotopic (exact) mass is 285 g/mol. The van der Waals surface area contributed by atoms with Gasteiger partial charge >= 0.3 is 0 Å². The fourth-order valence-electron chi connectivity index (χ4n) is 2.70. The van der Waals surface area contributed by atoms with Crippen LogP contribution in [0.15, 0.2) is 30.3 Å². The Morgan fingerprint density at radius 2 is 1.71 bits per heavy atom. The summed E-state index contributed by atoms with van der Waals surface area (Å²) in [4.78, 5) is 0. The molecule has 114 valence electrons. The molecule has 0 saturated heterocycles. The van der Waals surface area contributed by atoms with Crippen molar-refractivity contribution in [1.29, 1.82) is 0 Å². The molecule has 0 saturated carbocycles. The van der Waals surface area contributed by atoms with Crippen LogP contribution in [0.4, 0.5) is 0 Å². The second-order valence-electron chi connectivity index (χ2n) is 5.77. The maximum atomic E-state index is 4.66. The van der Waals surface area contributed by atoms with Crippen LogP contribution >= 0.6 is 0 Å². The number of rotatable bonds is 6. The second kappa shape index (κ2) is 6.90. The Labute approximate surface area is 128 Å². The van der Waals surface area contributed by atoms with Crippen LogP contribution in [0.2, 0.25) is 0 Å². The van der Waals surface area contributed by atoms with Gasteiger partial charge in [0, 0.05) is 6.54 Å². The minimum absolute atomic E-state index is 0.193. The zero-order valence-electron chi connectivity index (χ0n) is 13.9. The van der Waals surface area contributed by atoms with Crippen LogP contribution in [-0.2, 0) is 13.0 Å². The highest BCUT2D eigenvalue weighted by Crippen LogP contribution is 2.25. The third-order valence-electron chi connectivity index (χ3n) is 4.04. The smallest absolute Gasteiger partial charge is 0.0745 e. The first kappa shape index (κ1) is 15.8. The van der Waals surface area contributed by atoms with Gasteiger partial charge < -0.3 is 5.32 Å². The molecule has 1 heterocycles. The summed E-state index contributed by atoms with van der Waals surface area (Å²) in [6.45, 7) is 9.65. The van der Waals surface area contributed by atoms with E-state index in [0.717, 1.165) is 18.7 Å². The summed E-state index contributed by atoms with van der Waals surface area (Å²) in [6.07, 6.45) is 0.975. The van der Waals surface area contributed by atoms with Crippen LogP contribution in [0.3, 0.4) is 0 Å². The largest absolute Gasteiger partial charge is 0.308 e. The number of aromatic nitrogens is 2. The summed E-state index contributed by atoms with van der Waals surface area (Å²) in [5.41, 5.74) is 5.08.